The minimum atomic E-state index is -0.0771. The van der Waals surface area contributed by atoms with Crippen LogP contribution in [0.5, 0.6) is 0 Å². The SMILES string of the molecule is CCC1=C(c2ccccc2)N(Nc2cccc(CN)c2)C(C=S)N1. The first kappa shape index (κ1) is 16.5. The predicted molar refractivity (Wildman–Crippen MR) is 104 cm³/mol. The molecular formula is C19H22N4S. The number of allylic oxidation sites excluding steroid dienone is 1. The number of anilines is 1. The molecule has 1 atom stereocenters. The van der Waals surface area contributed by atoms with E-state index in [1.54, 1.807) is 5.37 Å². The number of nitrogens with two attached hydrogens (primary N) is 1. The van der Waals surface area contributed by atoms with Crippen molar-refractivity contribution in [2.75, 3.05) is 5.43 Å². The van der Waals surface area contributed by atoms with Gasteiger partial charge in [-0.2, -0.15) is 0 Å². The van der Waals surface area contributed by atoms with Gasteiger partial charge in [0.05, 0.1) is 11.4 Å². The van der Waals surface area contributed by atoms with Crippen LogP contribution in [0.3, 0.4) is 0 Å². The highest BCUT2D eigenvalue weighted by Crippen LogP contribution is 2.31. The third kappa shape index (κ3) is 3.27. The Balaban J connectivity index is 1.98. The van der Waals surface area contributed by atoms with Crippen molar-refractivity contribution in [3.63, 3.8) is 0 Å². The first-order chi connectivity index (χ1) is 11.8. The summed E-state index contributed by atoms with van der Waals surface area (Å²) >= 11 is 5.24. The smallest absolute Gasteiger partial charge is 0.148 e. The minimum Gasteiger partial charge on any atom is -0.361 e. The Labute approximate surface area is 148 Å². The molecule has 4 nitrogen and oxygen atoms in total. The van der Waals surface area contributed by atoms with Crippen LogP contribution in [-0.4, -0.2) is 16.5 Å². The van der Waals surface area contributed by atoms with E-state index >= 15 is 0 Å². The summed E-state index contributed by atoms with van der Waals surface area (Å²) < 4.78 is 0. The van der Waals surface area contributed by atoms with Crippen molar-refractivity contribution in [3.8, 4) is 0 Å². The lowest BCUT2D eigenvalue weighted by Crippen LogP contribution is -2.41. The van der Waals surface area contributed by atoms with E-state index in [1.807, 2.05) is 36.4 Å². The molecule has 4 N–H and O–H groups in total. The maximum absolute atomic E-state index is 5.76. The van der Waals surface area contributed by atoms with Gasteiger partial charge in [-0.05, 0) is 24.1 Å². The topological polar surface area (TPSA) is 53.3 Å². The first-order valence-corrected chi connectivity index (χ1v) is 8.59. The van der Waals surface area contributed by atoms with Crippen molar-refractivity contribution in [2.24, 2.45) is 5.73 Å². The number of hydrazine groups is 1. The Bertz CT molecular complexity index is 742. The molecule has 0 bridgehead atoms. The van der Waals surface area contributed by atoms with Crippen molar-refractivity contribution < 1.29 is 0 Å². The quantitative estimate of drug-likeness (QED) is 0.704. The highest BCUT2D eigenvalue weighted by Gasteiger charge is 2.30. The Morgan fingerprint density at radius 1 is 1.21 bits per heavy atom. The molecule has 1 aliphatic rings. The Morgan fingerprint density at radius 3 is 2.67 bits per heavy atom. The third-order valence-corrected chi connectivity index (χ3v) is 4.33. The number of rotatable bonds is 6. The molecule has 0 saturated carbocycles. The zero-order chi connectivity index (χ0) is 16.9. The fourth-order valence-corrected chi connectivity index (χ4v) is 3.09. The molecule has 0 radical (unpaired) electrons. The molecule has 0 spiro atoms. The summed E-state index contributed by atoms with van der Waals surface area (Å²) in [4.78, 5) is 0. The molecule has 2 aromatic carbocycles. The summed E-state index contributed by atoms with van der Waals surface area (Å²) in [7, 11) is 0. The normalized spacial score (nSPS) is 16.9. The van der Waals surface area contributed by atoms with E-state index in [1.165, 1.54) is 5.70 Å². The number of benzene rings is 2. The Hall–Kier alpha value is -2.37. The van der Waals surface area contributed by atoms with E-state index < -0.39 is 0 Å². The van der Waals surface area contributed by atoms with Crippen LogP contribution in [0, 0.1) is 0 Å². The molecule has 0 amide bonds. The van der Waals surface area contributed by atoms with Gasteiger partial charge in [0.25, 0.3) is 0 Å². The molecule has 2 aromatic rings. The van der Waals surface area contributed by atoms with Gasteiger partial charge in [0.2, 0.25) is 0 Å². The second-order valence-corrected chi connectivity index (χ2v) is 5.93. The summed E-state index contributed by atoms with van der Waals surface area (Å²) in [5, 5.41) is 7.33. The molecule has 3 rings (SSSR count). The largest absolute Gasteiger partial charge is 0.361 e. The number of thiocarbonyl (C=S) groups is 1. The monoisotopic (exact) mass is 338 g/mol. The molecule has 124 valence electrons. The lowest BCUT2D eigenvalue weighted by atomic mass is 10.1. The second kappa shape index (κ2) is 7.47. The van der Waals surface area contributed by atoms with E-state index in [0.29, 0.717) is 6.54 Å². The lowest BCUT2D eigenvalue weighted by Gasteiger charge is -2.28. The van der Waals surface area contributed by atoms with Crippen LogP contribution in [0.15, 0.2) is 60.3 Å². The van der Waals surface area contributed by atoms with Crippen molar-refractivity contribution in [1.29, 1.82) is 0 Å². The zero-order valence-electron chi connectivity index (χ0n) is 13.7. The number of nitrogens with one attached hydrogen (secondary N) is 2. The number of nitrogens with zero attached hydrogens (tertiary/aromatic N) is 1. The highest BCUT2D eigenvalue weighted by atomic mass is 32.1. The van der Waals surface area contributed by atoms with Crippen LogP contribution < -0.4 is 16.5 Å². The van der Waals surface area contributed by atoms with Gasteiger partial charge in [0, 0.05) is 23.2 Å². The van der Waals surface area contributed by atoms with Gasteiger partial charge in [-0.25, -0.2) is 0 Å². The van der Waals surface area contributed by atoms with Crippen molar-refractivity contribution in [2.45, 2.75) is 26.1 Å². The average molecular weight is 338 g/mol. The van der Waals surface area contributed by atoms with E-state index in [0.717, 1.165) is 28.9 Å². The van der Waals surface area contributed by atoms with Crippen LogP contribution >= 0.6 is 12.2 Å². The van der Waals surface area contributed by atoms with Crippen LogP contribution in [-0.2, 0) is 6.54 Å². The van der Waals surface area contributed by atoms with E-state index in [9.17, 15) is 0 Å². The van der Waals surface area contributed by atoms with Gasteiger partial charge in [-0.3, -0.25) is 10.4 Å². The van der Waals surface area contributed by atoms with Gasteiger partial charge in [-0.1, -0.05) is 61.6 Å². The van der Waals surface area contributed by atoms with Crippen molar-refractivity contribution >= 4 is 29.0 Å². The highest BCUT2D eigenvalue weighted by molar-refractivity contribution is 7.79. The predicted octanol–water partition coefficient (Wildman–Crippen LogP) is 3.48. The molecule has 0 aromatic heterocycles. The number of hydrogen-bond acceptors (Lipinski definition) is 5. The average Bonchev–Trinajstić information content (AvgIpc) is 3.00. The standard InChI is InChI=1S/C19H22N4S/c1-2-17-19(15-8-4-3-5-9-15)23(18(13-24)21-17)22-16-10-6-7-14(11-16)12-20/h3-11,13,18,21-22H,2,12,20H2,1H3. The molecular weight excluding hydrogens is 316 g/mol. The molecule has 24 heavy (non-hydrogen) atoms. The van der Waals surface area contributed by atoms with Gasteiger partial charge in [0.15, 0.2) is 0 Å². The molecule has 0 saturated heterocycles. The summed E-state index contributed by atoms with van der Waals surface area (Å²) in [5.74, 6) is 0. The van der Waals surface area contributed by atoms with Crippen LogP contribution in [0.25, 0.3) is 5.70 Å². The van der Waals surface area contributed by atoms with Gasteiger partial charge < -0.3 is 11.1 Å². The Kier molecular flexibility index (Phi) is 5.13. The molecule has 0 aliphatic carbocycles. The molecule has 1 unspecified atom stereocenters. The molecule has 1 heterocycles. The lowest BCUT2D eigenvalue weighted by molar-refractivity contribution is 0.427. The minimum absolute atomic E-state index is 0.0771. The first-order valence-electron chi connectivity index (χ1n) is 8.12. The third-order valence-electron chi connectivity index (χ3n) is 4.07. The Morgan fingerprint density at radius 2 is 2.00 bits per heavy atom. The van der Waals surface area contributed by atoms with Crippen molar-refractivity contribution in [3.05, 3.63) is 71.4 Å². The summed E-state index contributed by atoms with van der Waals surface area (Å²) in [6.45, 7) is 2.66. The zero-order valence-corrected chi connectivity index (χ0v) is 14.5. The summed E-state index contributed by atoms with van der Waals surface area (Å²) in [6.07, 6.45) is 0.831. The molecule has 5 heteroatoms. The van der Waals surface area contributed by atoms with E-state index in [4.69, 9.17) is 18.0 Å². The fourth-order valence-electron chi connectivity index (χ4n) is 2.90. The van der Waals surface area contributed by atoms with Crippen LogP contribution in [0.4, 0.5) is 5.69 Å². The maximum atomic E-state index is 5.76. The van der Waals surface area contributed by atoms with Crippen molar-refractivity contribution in [1.82, 2.24) is 10.3 Å². The molecule has 1 aliphatic heterocycles. The number of hydrogen-bond donors (Lipinski definition) is 3. The summed E-state index contributed by atoms with van der Waals surface area (Å²) in [5.41, 5.74) is 14.8. The maximum Gasteiger partial charge on any atom is 0.148 e. The summed E-state index contributed by atoms with van der Waals surface area (Å²) in [6, 6.07) is 18.5. The second-order valence-electron chi connectivity index (χ2n) is 5.66. The van der Waals surface area contributed by atoms with Crippen LogP contribution in [0.1, 0.15) is 24.5 Å². The fraction of sp³-hybridized carbons (Fsp3) is 0.211. The van der Waals surface area contributed by atoms with Gasteiger partial charge in [0.1, 0.15) is 6.17 Å². The van der Waals surface area contributed by atoms with Gasteiger partial charge >= 0.3 is 0 Å². The van der Waals surface area contributed by atoms with E-state index in [-0.39, 0.29) is 6.17 Å². The van der Waals surface area contributed by atoms with E-state index in [2.05, 4.69) is 40.9 Å². The van der Waals surface area contributed by atoms with Gasteiger partial charge in [-0.15, -0.1) is 0 Å². The van der Waals surface area contributed by atoms with Crippen LogP contribution in [0.2, 0.25) is 0 Å². The molecule has 0 fully saturated rings.